The monoisotopic (exact) mass is 344 g/mol. The van der Waals surface area contributed by atoms with Gasteiger partial charge in [0.05, 0.1) is 11.3 Å². The van der Waals surface area contributed by atoms with Crippen molar-refractivity contribution < 1.29 is 13.2 Å². The zero-order valence-electron chi connectivity index (χ0n) is 13.3. The molecule has 1 heterocycles. The number of benzene rings is 2. The smallest absolute Gasteiger partial charge is 0.243 e. The van der Waals surface area contributed by atoms with Gasteiger partial charge in [-0.05, 0) is 17.7 Å². The van der Waals surface area contributed by atoms with Gasteiger partial charge in [-0.15, -0.1) is 0 Å². The molecule has 2 aromatic carbocycles. The third kappa shape index (κ3) is 3.66. The van der Waals surface area contributed by atoms with Gasteiger partial charge < -0.3 is 4.90 Å². The van der Waals surface area contributed by atoms with E-state index in [0.29, 0.717) is 37.5 Å². The van der Waals surface area contributed by atoms with Crippen molar-refractivity contribution in [3.63, 3.8) is 0 Å². The second kappa shape index (κ2) is 7.15. The summed E-state index contributed by atoms with van der Waals surface area (Å²) in [4.78, 5) is 14.4. The van der Waals surface area contributed by atoms with Crippen LogP contribution >= 0.6 is 0 Å². The highest BCUT2D eigenvalue weighted by atomic mass is 32.2. The van der Waals surface area contributed by atoms with Crippen molar-refractivity contribution >= 4 is 15.9 Å². The molecule has 2 aromatic rings. The first kappa shape index (κ1) is 16.7. The molecule has 1 fully saturated rings. The molecule has 3 rings (SSSR count). The molecule has 0 N–H and O–H groups in total. The van der Waals surface area contributed by atoms with Gasteiger partial charge in [0, 0.05) is 26.2 Å². The Bertz CT molecular complexity index is 784. The molecule has 6 heteroatoms. The maximum absolute atomic E-state index is 12.6. The minimum atomic E-state index is -3.47. The van der Waals surface area contributed by atoms with Crippen LogP contribution in [0.4, 0.5) is 0 Å². The second-order valence-corrected chi connectivity index (χ2v) is 7.70. The fourth-order valence-corrected chi connectivity index (χ4v) is 4.24. The SMILES string of the molecule is O=C(Cc1ccccc1)N1CCN(S(=O)(=O)c2ccccc2)CC1. The molecule has 5 nitrogen and oxygen atoms in total. The van der Waals surface area contributed by atoms with E-state index in [1.165, 1.54) is 4.31 Å². The van der Waals surface area contributed by atoms with Crippen LogP contribution in [0, 0.1) is 0 Å². The zero-order valence-corrected chi connectivity index (χ0v) is 14.2. The van der Waals surface area contributed by atoms with Gasteiger partial charge in [0.2, 0.25) is 15.9 Å². The normalized spacial score (nSPS) is 16.1. The molecule has 0 atom stereocenters. The fraction of sp³-hybridized carbons (Fsp3) is 0.278. The Morgan fingerprint density at radius 1 is 0.833 bits per heavy atom. The maximum atomic E-state index is 12.6. The molecule has 126 valence electrons. The minimum Gasteiger partial charge on any atom is -0.340 e. The molecular weight excluding hydrogens is 324 g/mol. The van der Waals surface area contributed by atoms with Crippen molar-refractivity contribution in [2.24, 2.45) is 0 Å². The van der Waals surface area contributed by atoms with Gasteiger partial charge in [0.25, 0.3) is 0 Å². The average Bonchev–Trinajstić information content (AvgIpc) is 2.63. The summed E-state index contributed by atoms with van der Waals surface area (Å²) in [5.41, 5.74) is 0.974. The number of piperazine rings is 1. The molecule has 1 aliphatic heterocycles. The highest BCUT2D eigenvalue weighted by Gasteiger charge is 2.29. The first-order valence-electron chi connectivity index (χ1n) is 7.94. The van der Waals surface area contributed by atoms with E-state index in [-0.39, 0.29) is 5.91 Å². The third-order valence-electron chi connectivity index (χ3n) is 4.17. The highest BCUT2D eigenvalue weighted by molar-refractivity contribution is 7.89. The molecule has 24 heavy (non-hydrogen) atoms. The molecule has 0 spiro atoms. The van der Waals surface area contributed by atoms with Crippen LogP contribution < -0.4 is 0 Å². The molecule has 0 bridgehead atoms. The Kier molecular flexibility index (Phi) is 4.97. The maximum Gasteiger partial charge on any atom is 0.243 e. The van der Waals surface area contributed by atoms with Gasteiger partial charge in [-0.3, -0.25) is 4.79 Å². The molecular formula is C18H20N2O3S. The van der Waals surface area contributed by atoms with E-state index < -0.39 is 10.0 Å². The van der Waals surface area contributed by atoms with E-state index >= 15 is 0 Å². The number of rotatable bonds is 4. The topological polar surface area (TPSA) is 57.7 Å². The van der Waals surface area contributed by atoms with E-state index in [9.17, 15) is 13.2 Å². The Hall–Kier alpha value is -2.18. The van der Waals surface area contributed by atoms with E-state index in [0.717, 1.165) is 5.56 Å². The molecule has 1 aliphatic rings. The molecule has 0 radical (unpaired) electrons. The summed E-state index contributed by atoms with van der Waals surface area (Å²) in [5.74, 6) is 0.0398. The summed E-state index contributed by atoms with van der Waals surface area (Å²) < 4.78 is 26.6. The Labute approximate surface area is 142 Å². The lowest BCUT2D eigenvalue weighted by molar-refractivity contribution is -0.131. The minimum absolute atomic E-state index is 0.0398. The van der Waals surface area contributed by atoms with Gasteiger partial charge in [-0.2, -0.15) is 4.31 Å². The number of amides is 1. The van der Waals surface area contributed by atoms with Crippen LogP contribution in [0.25, 0.3) is 0 Å². The van der Waals surface area contributed by atoms with Gasteiger partial charge in [-0.25, -0.2) is 8.42 Å². The number of hydrogen-bond donors (Lipinski definition) is 0. The molecule has 0 saturated carbocycles. The Balaban J connectivity index is 1.61. The number of nitrogens with zero attached hydrogens (tertiary/aromatic N) is 2. The van der Waals surface area contributed by atoms with Crippen molar-refractivity contribution in [1.29, 1.82) is 0 Å². The summed E-state index contributed by atoms with van der Waals surface area (Å²) in [6.45, 7) is 1.52. The molecule has 0 unspecified atom stereocenters. The van der Waals surface area contributed by atoms with Crippen molar-refractivity contribution in [2.45, 2.75) is 11.3 Å². The van der Waals surface area contributed by atoms with Gasteiger partial charge in [0.15, 0.2) is 0 Å². The van der Waals surface area contributed by atoms with Crippen LogP contribution in [-0.2, 0) is 21.2 Å². The number of hydrogen-bond acceptors (Lipinski definition) is 3. The zero-order chi connectivity index (χ0) is 17.0. The highest BCUT2D eigenvalue weighted by Crippen LogP contribution is 2.17. The predicted molar refractivity (Wildman–Crippen MR) is 91.9 cm³/mol. The lowest BCUT2D eigenvalue weighted by Crippen LogP contribution is -2.50. The standard InChI is InChI=1S/C18H20N2O3S/c21-18(15-16-7-3-1-4-8-16)19-11-13-20(14-12-19)24(22,23)17-9-5-2-6-10-17/h1-10H,11-15H2. The quantitative estimate of drug-likeness (QED) is 0.849. The first-order valence-corrected chi connectivity index (χ1v) is 9.38. The van der Waals surface area contributed by atoms with Gasteiger partial charge in [0.1, 0.15) is 0 Å². The number of carbonyl (C=O) groups is 1. The fourth-order valence-electron chi connectivity index (χ4n) is 2.80. The Morgan fingerprint density at radius 2 is 1.38 bits per heavy atom. The van der Waals surface area contributed by atoms with Crippen LogP contribution in [0.2, 0.25) is 0 Å². The van der Waals surface area contributed by atoms with E-state index in [2.05, 4.69) is 0 Å². The second-order valence-electron chi connectivity index (χ2n) is 5.76. The lowest BCUT2D eigenvalue weighted by Gasteiger charge is -2.34. The largest absolute Gasteiger partial charge is 0.340 e. The predicted octanol–water partition coefficient (Wildman–Crippen LogP) is 1.76. The van der Waals surface area contributed by atoms with Crippen LogP contribution in [0.1, 0.15) is 5.56 Å². The van der Waals surface area contributed by atoms with Crippen LogP contribution in [-0.4, -0.2) is 49.7 Å². The Morgan fingerprint density at radius 3 is 1.96 bits per heavy atom. The average molecular weight is 344 g/mol. The van der Waals surface area contributed by atoms with Crippen LogP contribution in [0.5, 0.6) is 0 Å². The van der Waals surface area contributed by atoms with E-state index in [4.69, 9.17) is 0 Å². The number of carbonyl (C=O) groups excluding carboxylic acids is 1. The third-order valence-corrected chi connectivity index (χ3v) is 6.08. The summed E-state index contributed by atoms with van der Waals surface area (Å²) in [6.07, 6.45) is 0.353. The lowest BCUT2D eigenvalue weighted by atomic mass is 10.1. The summed E-state index contributed by atoms with van der Waals surface area (Å²) in [6, 6.07) is 18.0. The molecule has 1 amide bonds. The van der Waals surface area contributed by atoms with Crippen molar-refractivity contribution in [1.82, 2.24) is 9.21 Å². The van der Waals surface area contributed by atoms with Gasteiger partial charge in [-0.1, -0.05) is 48.5 Å². The van der Waals surface area contributed by atoms with E-state index in [1.54, 1.807) is 35.2 Å². The molecule has 0 aliphatic carbocycles. The van der Waals surface area contributed by atoms with E-state index in [1.807, 2.05) is 30.3 Å². The summed E-state index contributed by atoms with van der Waals surface area (Å²) in [7, 11) is -3.47. The van der Waals surface area contributed by atoms with Crippen molar-refractivity contribution in [3.8, 4) is 0 Å². The first-order chi connectivity index (χ1) is 11.6. The van der Waals surface area contributed by atoms with Crippen molar-refractivity contribution in [3.05, 3.63) is 66.2 Å². The van der Waals surface area contributed by atoms with Gasteiger partial charge >= 0.3 is 0 Å². The van der Waals surface area contributed by atoms with Crippen LogP contribution in [0.15, 0.2) is 65.6 Å². The van der Waals surface area contributed by atoms with Crippen molar-refractivity contribution in [2.75, 3.05) is 26.2 Å². The summed E-state index contributed by atoms with van der Waals surface area (Å²) >= 11 is 0. The molecule has 0 aromatic heterocycles. The molecule has 1 saturated heterocycles. The summed E-state index contributed by atoms with van der Waals surface area (Å²) in [5, 5.41) is 0. The van der Waals surface area contributed by atoms with Crippen LogP contribution in [0.3, 0.4) is 0 Å². The number of sulfonamides is 1.